The van der Waals surface area contributed by atoms with Gasteiger partial charge >= 0.3 is 5.69 Å². The summed E-state index contributed by atoms with van der Waals surface area (Å²) < 4.78 is 2.26. The van der Waals surface area contributed by atoms with Gasteiger partial charge in [-0.15, -0.1) is 5.10 Å². The van der Waals surface area contributed by atoms with E-state index in [1.807, 2.05) is 19.9 Å². The highest BCUT2D eigenvalue weighted by Crippen LogP contribution is 2.40. The van der Waals surface area contributed by atoms with Gasteiger partial charge in [-0.1, -0.05) is 25.6 Å². The summed E-state index contributed by atoms with van der Waals surface area (Å²) in [6, 6.07) is 6.79. The molecule has 0 aliphatic rings. The fourth-order valence-corrected chi connectivity index (χ4v) is 5.00. The molecule has 3 rings (SSSR count). The molecular weight excluding hydrogens is 526 g/mol. The van der Waals surface area contributed by atoms with E-state index in [9.17, 15) is 14.4 Å². The van der Waals surface area contributed by atoms with Gasteiger partial charge in [0.05, 0.1) is 5.69 Å². The van der Waals surface area contributed by atoms with Gasteiger partial charge in [-0.2, -0.15) is 9.94 Å². The van der Waals surface area contributed by atoms with Crippen molar-refractivity contribution in [3.63, 3.8) is 0 Å². The lowest BCUT2D eigenvalue weighted by molar-refractivity contribution is 0.739. The smallest absolute Gasteiger partial charge is 0.328 e. The number of aromatic amines is 2. The molecule has 8 nitrogen and oxygen atoms in total. The molecule has 0 aliphatic heterocycles. The number of aromatic nitrogens is 4. The van der Waals surface area contributed by atoms with E-state index in [0.717, 1.165) is 14.5 Å². The van der Waals surface area contributed by atoms with E-state index in [1.54, 1.807) is 24.4 Å². The summed E-state index contributed by atoms with van der Waals surface area (Å²) in [5.74, 6) is 0.0843. The Morgan fingerprint density at radius 1 is 1.14 bits per heavy atom. The number of nitrogens with one attached hydrogen (secondary N) is 2. The summed E-state index contributed by atoms with van der Waals surface area (Å²) in [7, 11) is 0. The maximum absolute atomic E-state index is 12.1. The number of H-pyrrole nitrogens is 2. The number of pyridine rings is 1. The Kier molecular flexibility index (Phi) is 6.26. The molecule has 0 saturated carbocycles. The molecule has 0 radical (unpaired) electrons. The highest BCUT2D eigenvalue weighted by molar-refractivity contribution is 9.11. The predicted molar refractivity (Wildman–Crippen MR) is 116 cm³/mol. The molecule has 0 unspecified atom stereocenters. The van der Waals surface area contributed by atoms with Crippen LogP contribution in [0.1, 0.15) is 31.0 Å². The van der Waals surface area contributed by atoms with Gasteiger partial charge < -0.3 is 4.98 Å². The van der Waals surface area contributed by atoms with Crippen molar-refractivity contribution < 1.29 is 0 Å². The first-order chi connectivity index (χ1) is 13.7. The topological polar surface area (TPSA) is 124 Å². The number of hydrogen-bond donors (Lipinski definition) is 2. The number of rotatable bonds is 4. The molecule has 0 aliphatic carbocycles. The maximum Gasteiger partial charge on any atom is 0.349 e. The molecule has 0 fully saturated rings. The first kappa shape index (κ1) is 21.3. The normalized spacial score (nSPS) is 10.9. The van der Waals surface area contributed by atoms with E-state index in [-0.39, 0.29) is 11.5 Å². The lowest BCUT2D eigenvalue weighted by atomic mass is 10.1. The van der Waals surface area contributed by atoms with Crippen molar-refractivity contribution in [1.82, 2.24) is 19.7 Å². The van der Waals surface area contributed by atoms with Crippen molar-refractivity contribution in [2.45, 2.75) is 29.6 Å². The number of hydrogen-bond acceptors (Lipinski definition) is 6. The minimum atomic E-state index is -0.835. The Balaban J connectivity index is 2.05. The molecule has 11 heteroatoms. The largest absolute Gasteiger partial charge is 0.349 e. The predicted octanol–water partition coefficient (Wildman–Crippen LogP) is 3.28. The quantitative estimate of drug-likeness (QED) is 0.525. The van der Waals surface area contributed by atoms with Crippen molar-refractivity contribution in [2.24, 2.45) is 0 Å². The number of halogens is 2. The lowest BCUT2D eigenvalue weighted by Crippen LogP contribution is -2.33. The van der Waals surface area contributed by atoms with Crippen LogP contribution in [0.4, 0.5) is 0 Å². The van der Waals surface area contributed by atoms with E-state index >= 15 is 0 Å². The van der Waals surface area contributed by atoms with Crippen LogP contribution in [0.15, 0.2) is 57.5 Å². The van der Waals surface area contributed by atoms with E-state index in [2.05, 4.69) is 46.9 Å². The molecule has 2 heterocycles. The van der Waals surface area contributed by atoms with Gasteiger partial charge in [0.25, 0.3) is 11.1 Å². The minimum Gasteiger partial charge on any atom is -0.328 e. The molecule has 0 bridgehead atoms. The molecule has 29 heavy (non-hydrogen) atoms. The minimum absolute atomic E-state index is 0.0843. The van der Waals surface area contributed by atoms with Crippen LogP contribution in [0.25, 0.3) is 5.69 Å². The highest BCUT2D eigenvalue weighted by Gasteiger charge is 2.15. The Morgan fingerprint density at radius 2 is 1.79 bits per heavy atom. The average molecular weight is 539 g/mol. The van der Waals surface area contributed by atoms with Crippen LogP contribution in [0.3, 0.4) is 0 Å². The van der Waals surface area contributed by atoms with Gasteiger partial charge in [0.2, 0.25) is 5.69 Å². The molecule has 3 aromatic rings. The van der Waals surface area contributed by atoms with Crippen LogP contribution < -0.4 is 16.8 Å². The van der Waals surface area contributed by atoms with Crippen molar-refractivity contribution in [2.75, 3.05) is 0 Å². The van der Waals surface area contributed by atoms with E-state index in [1.165, 1.54) is 11.8 Å². The molecule has 0 amide bonds. The summed E-state index contributed by atoms with van der Waals surface area (Å²) in [4.78, 5) is 42.1. The molecule has 1 aromatic carbocycles. The molecular formula is C18H13Br2N5O3S. The summed E-state index contributed by atoms with van der Waals surface area (Å²) >= 11 is 8.39. The zero-order chi connectivity index (χ0) is 21.3. The zero-order valence-corrected chi connectivity index (χ0v) is 19.1. The molecule has 148 valence electrons. The summed E-state index contributed by atoms with van der Waals surface area (Å²) in [5, 5.41) is 12.8. The number of benzene rings is 1. The van der Waals surface area contributed by atoms with Gasteiger partial charge in [-0.05, 0) is 56.0 Å². The van der Waals surface area contributed by atoms with Gasteiger partial charge in [0.1, 0.15) is 6.07 Å². The molecule has 0 atom stereocenters. The zero-order valence-electron chi connectivity index (χ0n) is 15.1. The summed E-state index contributed by atoms with van der Waals surface area (Å²) in [6.07, 6.45) is 1.64. The van der Waals surface area contributed by atoms with Gasteiger partial charge in [-0.3, -0.25) is 14.6 Å². The van der Waals surface area contributed by atoms with Gasteiger partial charge in [-0.25, -0.2) is 4.79 Å². The first-order valence-electron chi connectivity index (χ1n) is 8.25. The third-order valence-electron chi connectivity index (χ3n) is 3.91. The fraction of sp³-hybridized carbons (Fsp3) is 0.167. The number of nitriles is 1. The third-order valence-corrected chi connectivity index (χ3v) is 6.80. The third kappa shape index (κ3) is 4.44. The second-order valence-electron chi connectivity index (χ2n) is 6.25. The Labute approximate surface area is 185 Å². The Hall–Kier alpha value is -2.42. The lowest BCUT2D eigenvalue weighted by Gasteiger charge is -2.12. The summed E-state index contributed by atoms with van der Waals surface area (Å²) in [6.45, 7) is 3.90. The average Bonchev–Trinajstić information content (AvgIpc) is 2.65. The SMILES string of the molecule is CC(C)c1cc(Sc2c(Br)cc(-n3nc(C#N)c(=O)[nH]c3=O)cc2Br)c[nH]c1=O. The van der Waals surface area contributed by atoms with E-state index in [0.29, 0.717) is 20.2 Å². The first-order valence-corrected chi connectivity index (χ1v) is 10.6. The van der Waals surface area contributed by atoms with Crippen LogP contribution >= 0.6 is 43.6 Å². The molecule has 0 spiro atoms. The molecule has 2 N–H and O–H groups in total. The van der Waals surface area contributed by atoms with Crippen molar-refractivity contribution in [1.29, 1.82) is 5.26 Å². The second-order valence-corrected chi connectivity index (χ2v) is 9.04. The second kappa shape index (κ2) is 8.52. The van der Waals surface area contributed by atoms with E-state index < -0.39 is 16.9 Å². The van der Waals surface area contributed by atoms with Gasteiger partial charge in [0, 0.05) is 30.5 Å². The van der Waals surface area contributed by atoms with Crippen LogP contribution in [0.5, 0.6) is 0 Å². The fourth-order valence-electron chi connectivity index (χ4n) is 2.50. The Morgan fingerprint density at radius 3 is 2.38 bits per heavy atom. The standard InChI is InChI=1S/C18H13Br2N5O3S/c1-8(2)11-5-10(7-22-16(11)26)29-15-12(19)3-9(4-13(15)20)25-18(28)23-17(27)14(6-21)24-25/h3-5,7-8H,1-2H3,(H,22,26)(H,23,27,28). The van der Waals surface area contributed by atoms with Crippen molar-refractivity contribution in [3.05, 3.63) is 75.8 Å². The molecule has 2 aromatic heterocycles. The van der Waals surface area contributed by atoms with E-state index in [4.69, 9.17) is 5.26 Å². The van der Waals surface area contributed by atoms with Crippen LogP contribution in [0.2, 0.25) is 0 Å². The van der Waals surface area contributed by atoms with Crippen LogP contribution in [0, 0.1) is 11.3 Å². The monoisotopic (exact) mass is 537 g/mol. The summed E-state index contributed by atoms with van der Waals surface area (Å²) in [5.41, 5.74) is -1.07. The number of nitrogens with zero attached hydrogens (tertiary/aromatic N) is 3. The maximum atomic E-state index is 12.1. The van der Waals surface area contributed by atoms with Crippen LogP contribution in [-0.4, -0.2) is 19.7 Å². The Bertz CT molecular complexity index is 1300. The molecule has 0 saturated heterocycles. The van der Waals surface area contributed by atoms with Crippen LogP contribution in [-0.2, 0) is 0 Å². The van der Waals surface area contributed by atoms with Crippen molar-refractivity contribution in [3.8, 4) is 11.8 Å². The highest BCUT2D eigenvalue weighted by atomic mass is 79.9. The van der Waals surface area contributed by atoms with Gasteiger partial charge in [0.15, 0.2) is 0 Å². The van der Waals surface area contributed by atoms with Crippen molar-refractivity contribution >= 4 is 43.6 Å².